The number of nitrogens with one attached hydrogen (secondary N) is 1. The summed E-state index contributed by atoms with van der Waals surface area (Å²) in [5.41, 5.74) is 3.87. The monoisotopic (exact) mass is 494 g/mol. The van der Waals surface area contributed by atoms with Crippen LogP contribution in [0.4, 0.5) is 5.82 Å². The van der Waals surface area contributed by atoms with Crippen LogP contribution in [0, 0.1) is 0 Å². The molecule has 6 rings (SSSR count). The Balaban J connectivity index is 1.18. The van der Waals surface area contributed by atoms with E-state index in [1.807, 2.05) is 28.9 Å². The van der Waals surface area contributed by atoms with Gasteiger partial charge in [-0.2, -0.15) is 9.61 Å². The SMILES string of the molecule is O=C(N1CCC(c2cc(NCc3cccnc3)n3nccc3n2)CC1)C1(c2ccccc2)CCCCC1. The van der Waals surface area contributed by atoms with Crippen LogP contribution in [0.25, 0.3) is 5.65 Å². The van der Waals surface area contributed by atoms with Crippen molar-refractivity contribution in [3.63, 3.8) is 0 Å². The highest BCUT2D eigenvalue weighted by Gasteiger charge is 2.44. The first kappa shape index (κ1) is 23.6. The maximum absolute atomic E-state index is 14.0. The van der Waals surface area contributed by atoms with Crippen LogP contribution in [0.2, 0.25) is 0 Å². The van der Waals surface area contributed by atoms with Gasteiger partial charge in [-0.15, -0.1) is 0 Å². The van der Waals surface area contributed by atoms with Gasteiger partial charge in [-0.3, -0.25) is 9.78 Å². The largest absolute Gasteiger partial charge is 0.366 e. The van der Waals surface area contributed by atoms with Gasteiger partial charge in [0.05, 0.1) is 11.6 Å². The second kappa shape index (κ2) is 10.3. The quantitative estimate of drug-likeness (QED) is 0.391. The van der Waals surface area contributed by atoms with Gasteiger partial charge in [-0.25, -0.2) is 4.98 Å². The Morgan fingerprint density at radius 3 is 2.54 bits per heavy atom. The minimum absolute atomic E-state index is 0.321. The summed E-state index contributed by atoms with van der Waals surface area (Å²) in [4.78, 5) is 25.3. The minimum atomic E-state index is -0.357. The lowest BCUT2D eigenvalue weighted by molar-refractivity contribution is -0.140. The zero-order valence-electron chi connectivity index (χ0n) is 21.2. The van der Waals surface area contributed by atoms with Crippen molar-refractivity contribution >= 4 is 17.4 Å². The molecule has 0 atom stereocenters. The maximum Gasteiger partial charge on any atom is 0.233 e. The molecule has 1 saturated heterocycles. The molecule has 2 fully saturated rings. The molecule has 190 valence electrons. The molecule has 0 radical (unpaired) electrons. The molecule has 1 N–H and O–H groups in total. The Morgan fingerprint density at radius 2 is 1.78 bits per heavy atom. The fourth-order valence-corrected chi connectivity index (χ4v) is 6.18. The number of hydrogen-bond donors (Lipinski definition) is 1. The summed E-state index contributed by atoms with van der Waals surface area (Å²) in [6, 6.07) is 18.6. The van der Waals surface area contributed by atoms with E-state index in [9.17, 15) is 4.79 Å². The molecule has 37 heavy (non-hydrogen) atoms. The number of hydrogen-bond acceptors (Lipinski definition) is 5. The number of carbonyl (C=O) groups is 1. The number of rotatable bonds is 6. The van der Waals surface area contributed by atoms with Crippen LogP contribution in [0.15, 0.2) is 73.2 Å². The molecule has 7 nitrogen and oxygen atoms in total. The predicted molar refractivity (Wildman–Crippen MR) is 144 cm³/mol. The van der Waals surface area contributed by atoms with Crippen molar-refractivity contribution in [2.45, 2.75) is 62.8 Å². The zero-order valence-corrected chi connectivity index (χ0v) is 21.2. The van der Waals surface area contributed by atoms with Gasteiger partial charge >= 0.3 is 0 Å². The van der Waals surface area contributed by atoms with Crippen LogP contribution in [0.3, 0.4) is 0 Å². The Kier molecular flexibility index (Phi) is 6.60. The van der Waals surface area contributed by atoms with E-state index in [-0.39, 0.29) is 5.41 Å². The minimum Gasteiger partial charge on any atom is -0.366 e. The van der Waals surface area contributed by atoms with Crippen LogP contribution in [0.1, 0.15) is 67.7 Å². The normalized spacial score (nSPS) is 18.1. The maximum atomic E-state index is 14.0. The van der Waals surface area contributed by atoms with E-state index in [0.717, 1.165) is 74.3 Å². The highest BCUT2D eigenvalue weighted by molar-refractivity contribution is 5.88. The van der Waals surface area contributed by atoms with E-state index < -0.39 is 0 Å². The van der Waals surface area contributed by atoms with Gasteiger partial charge in [0.25, 0.3) is 0 Å². The lowest BCUT2D eigenvalue weighted by Gasteiger charge is -2.42. The number of amides is 1. The summed E-state index contributed by atoms with van der Waals surface area (Å²) in [5.74, 6) is 1.58. The molecule has 3 aromatic heterocycles. The number of fused-ring (bicyclic) bond motifs is 1. The number of anilines is 1. The van der Waals surface area contributed by atoms with E-state index in [0.29, 0.717) is 18.4 Å². The smallest absolute Gasteiger partial charge is 0.233 e. The standard InChI is InChI=1S/C30H34N6O/c37-29(30(14-5-2-6-15-30)25-9-3-1-4-10-25)35-18-12-24(13-19-35)26-20-28(36-27(34-26)11-17-33-36)32-22-23-8-7-16-31-21-23/h1,3-4,7-11,16-17,20-21,24,32H,2,5-6,12-15,18-19,22H2. The number of piperidine rings is 1. The number of carbonyl (C=O) groups excluding carboxylic acids is 1. The summed E-state index contributed by atoms with van der Waals surface area (Å²) in [6.45, 7) is 2.23. The molecule has 1 amide bonds. The molecule has 0 unspecified atom stereocenters. The van der Waals surface area contributed by atoms with Crippen molar-refractivity contribution in [3.8, 4) is 0 Å². The molecule has 4 heterocycles. The number of nitrogens with zero attached hydrogens (tertiary/aromatic N) is 5. The second-order valence-corrected chi connectivity index (χ2v) is 10.5. The van der Waals surface area contributed by atoms with E-state index >= 15 is 0 Å². The first-order chi connectivity index (χ1) is 18.2. The second-order valence-electron chi connectivity index (χ2n) is 10.5. The van der Waals surface area contributed by atoms with Gasteiger partial charge in [-0.05, 0) is 42.9 Å². The van der Waals surface area contributed by atoms with Crippen LogP contribution < -0.4 is 5.32 Å². The highest BCUT2D eigenvalue weighted by Crippen LogP contribution is 2.42. The Hall–Kier alpha value is -3.74. The lowest BCUT2D eigenvalue weighted by atomic mass is 9.68. The molecule has 1 aromatic carbocycles. The Morgan fingerprint density at radius 1 is 0.973 bits per heavy atom. The molecule has 4 aromatic rings. The molecule has 1 aliphatic heterocycles. The van der Waals surface area contributed by atoms with Gasteiger partial charge < -0.3 is 10.2 Å². The number of benzene rings is 1. The first-order valence-corrected chi connectivity index (χ1v) is 13.6. The number of pyridine rings is 1. The topological polar surface area (TPSA) is 75.4 Å². The van der Waals surface area contributed by atoms with Crippen molar-refractivity contribution in [3.05, 3.63) is 90.0 Å². The fraction of sp³-hybridized carbons (Fsp3) is 0.400. The zero-order chi connectivity index (χ0) is 25.1. The van der Waals surface area contributed by atoms with Crippen LogP contribution >= 0.6 is 0 Å². The molecule has 7 heteroatoms. The van der Waals surface area contributed by atoms with Gasteiger partial charge in [-0.1, -0.05) is 55.7 Å². The third kappa shape index (κ3) is 4.70. The Bertz CT molecular complexity index is 1340. The number of aromatic nitrogens is 4. The molecular weight excluding hydrogens is 460 g/mol. The van der Waals surface area contributed by atoms with Gasteiger partial charge in [0.15, 0.2) is 5.65 Å². The summed E-state index contributed by atoms with van der Waals surface area (Å²) >= 11 is 0. The molecule has 0 bridgehead atoms. The van der Waals surface area contributed by atoms with Crippen molar-refractivity contribution in [1.29, 1.82) is 0 Å². The number of likely N-dealkylation sites (tertiary alicyclic amines) is 1. The molecule has 1 saturated carbocycles. The summed E-state index contributed by atoms with van der Waals surface area (Å²) < 4.78 is 1.85. The van der Waals surface area contributed by atoms with Crippen LogP contribution in [0.5, 0.6) is 0 Å². The third-order valence-corrected chi connectivity index (χ3v) is 8.22. The van der Waals surface area contributed by atoms with Crippen molar-refractivity contribution in [2.24, 2.45) is 0 Å². The van der Waals surface area contributed by atoms with E-state index in [1.54, 1.807) is 12.4 Å². The van der Waals surface area contributed by atoms with E-state index in [2.05, 4.69) is 56.7 Å². The van der Waals surface area contributed by atoms with Crippen LogP contribution in [-0.2, 0) is 16.8 Å². The van der Waals surface area contributed by atoms with Gasteiger partial charge in [0, 0.05) is 55.8 Å². The van der Waals surface area contributed by atoms with Crippen molar-refractivity contribution in [1.82, 2.24) is 24.5 Å². The predicted octanol–water partition coefficient (Wildman–Crippen LogP) is 5.34. The van der Waals surface area contributed by atoms with Crippen molar-refractivity contribution < 1.29 is 4.79 Å². The molecule has 0 spiro atoms. The fourth-order valence-electron chi connectivity index (χ4n) is 6.18. The van der Waals surface area contributed by atoms with Crippen molar-refractivity contribution in [2.75, 3.05) is 18.4 Å². The summed E-state index contributed by atoms with van der Waals surface area (Å²) in [7, 11) is 0. The van der Waals surface area contributed by atoms with E-state index in [4.69, 9.17) is 4.98 Å². The summed E-state index contributed by atoms with van der Waals surface area (Å²) in [6.07, 6.45) is 12.7. The highest BCUT2D eigenvalue weighted by atomic mass is 16.2. The molecule has 2 aliphatic rings. The van der Waals surface area contributed by atoms with Crippen LogP contribution in [-0.4, -0.2) is 43.5 Å². The summed E-state index contributed by atoms with van der Waals surface area (Å²) in [5, 5.41) is 7.98. The van der Waals surface area contributed by atoms with Gasteiger partial charge in [0.1, 0.15) is 5.82 Å². The average molecular weight is 495 g/mol. The van der Waals surface area contributed by atoms with E-state index in [1.165, 1.54) is 12.0 Å². The van der Waals surface area contributed by atoms with Gasteiger partial charge in [0.2, 0.25) is 5.91 Å². The molecule has 1 aliphatic carbocycles. The molecular formula is C30H34N6O. The third-order valence-electron chi connectivity index (χ3n) is 8.22. The average Bonchev–Trinajstić information content (AvgIpc) is 3.46. The lowest BCUT2D eigenvalue weighted by Crippen LogP contribution is -2.50. The first-order valence-electron chi connectivity index (χ1n) is 13.6. The Labute approximate surface area is 217 Å².